The number of benzene rings is 1. The molecule has 0 radical (unpaired) electrons. The van der Waals surface area contributed by atoms with Crippen LogP contribution in [-0.4, -0.2) is 51.2 Å². The second kappa shape index (κ2) is 8.18. The molecule has 1 aliphatic rings. The maximum atomic E-state index is 12.8. The summed E-state index contributed by atoms with van der Waals surface area (Å²) in [5.74, 6) is 0.353. The van der Waals surface area contributed by atoms with Crippen molar-refractivity contribution in [2.45, 2.75) is 32.2 Å². The molecule has 0 spiro atoms. The molecule has 1 unspecified atom stereocenters. The number of nitrogens with one attached hydrogen (secondary N) is 1. The van der Waals surface area contributed by atoms with Gasteiger partial charge in [0, 0.05) is 24.2 Å². The first-order chi connectivity index (χ1) is 11.4. The minimum Gasteiger partial charge on any atom is -0.496 e. The zero-order valence-electron chi connectivity index (χ0n) is 13.9. The molecular weight excluding hydrogens is 352 g/mol. The van der Waals surface area contributed by atoms with Crippen LogP contribution < -0.4 is 9.46 Å². The van der Waals surface area contributed by atoms with Gasteiger partial charge in [-0.15, -0.1) is 0 Å². The van der Waals surface area contributed by atoms with Gasteiger partial charge >= 0.3 is 0 Å². The van der Waals surface area contributed by atoms with E-state index in [9.17, 15) is 13.2 Å². The molecule has 1 saturated heterocycles. The van der Waals surface area contributed by atoms with Gasteiger partial charge < -0.3 is 9.64 Å². The average molecular weight is 375 g/mol. The summed E-state index contributed by atoms with van der Waals surface area (Å²) in [4.78, 5) is 14.4. The average Bonchev–Trinajstić information content (AvgIpc) is 2.53. The molecule has 0 bridgehead atoms. The monoisotopic (exact) mass is 374 g/mol. The van der Waals surface area contributed by atoms with E-state index in [1.807, 2.05) is 6.92 Å². The molecule has 8 heteroatoms. The summed E-state index contributed by atoms with van der Waals surface area (Å²) < 4.78 is 31.8. The van der Waals surface area contributed by atoms with Crippen molar-refractivity contribution in [1.82, 2.24) is 9.62 Å². The van der Waals surface area contributed by atoms with Gasteiger partial charge in [-0.2, -0.15) is 0 Å². The highest BCUT2D eigenvalue weighted by atomic mass is 35.5. The molecule has 1 aliphatic heterocycles. The third-order valence-electron chi connectivity index (χ3n) is 3.92. The molecule has 6 nitrogen and oxygen atoms in total. The molecule has 0 aliphatic carbocycles. The molecule has 1 N–H and O–H groups in total. The summed E-state index contributed by atoms with van der Waals surface area (Å²) in [6.07, 6.45) is 2.03. The van der Waals surface area contributed by atoms with Gasteiger partial charge in [0.25, 0.3) is 5.91 Å². The van der Waals surface area contributed by atoms with Crippen LogP contribution >= 0.6 is 11.6 Å². The molecule has 1 aromatic rings. The lowest BCUT2D eigenvalue weighted by Crippen LogP contribution is -2.50. The molecule has 0 saturated carbocycles. The minimum atomic E-state index is -3.30. The van der Waals surface area contributed by atoms with Crippen LogP contribution in [0.5, 0.6) is 5.75 Å². The first-order valence-electron chi connectivity index (χ1n) is 7.99. The fourth-order valence-corrected chi connectivity index (χ4v) is 4.38. The molecule has 1 aromatic carbocycles. The van der Waals surface area contributed by atoms with Crippen LogP contribution in [0.4, 0.5) is 0 Å². The van der Waals surface area contributed by atoms with Crippen LogP contribution in [0, 0.1) is 0 Å². The number of sulfonamides is 1. The molecule has 134 valence electrons. The van der Waals surface area contributed by atoms with E-state index in [4.69, 9.17) is 16.3 Å². The lowest BCUT2D eigenvalue weighted by Gasteiger charge is -2.33. The Morgan fingerprint density at radius 2 is 2.21 bits per heavy atom. The normalized spacial score (nSPS) is 18.5. The molecule has 1 fully saturated rings. The fourth-order valence-electron chi connectivity index (χ4n) is 2.86. The van der Waals surface area contributed by atoms with E-state index in [2.05, 4.69) is 4.72 Å². The molecule has 0 aromatic heterocycles. The third-order valence-corrected chi connectivity index (χ3v) is 5.79. The number of rotatable bonds is 6. The van der Waals surface area contributed by atoms with Crippen molar-refractivity contribution in [3.8, 4) is 5.75 Å². The molecule has 2 rings (SSSR count). The number of ether oxygens (including phenoxy) is 1. The van der Waals surface area contributed by atoms with Crippen molar-refractivity contribution in [2.75, 3.05) is 26.0 Å². The molecule has 1 heterocycles. The number of halogens is 1. The summed E-state index contributed by atoms with van der Waals surface area (Å²) in [6.45, 7) is 2.75. The zero-order valence-corrected chi connectivity index (χ0v) is 15.5. The van der Waals surface area contributed by atoms with Crippen molar-refractivity contribution in [3.63, 3.8) is 0 Å². The van der Waals surface area contributed by atoms with E-state index in [0.29, 0.717) is 35.8 Å². The maximum Gasteiger partial charge on any atom is 0.257 e. The minimum absolute atomic E-state index is 0.0968. The number of hydrogen-bond acceptors (Lipinski definition) is 4. The van der Waals surface area contributed by atoms with Crippen LogP contribution in [-0.2, 0) is 10.0 Å². The Hall–Kier alpha value is -1.31. The zero-order chi connectivity index (χ0) is 17.7. The molecular formula is C16H23ClN2O4S. The number of carbonyl (C=O) groups excluding carboxylic acids is 1. The Morgan fingerprint density at radius 1 is 1.46 bits per heavy atom. The van der Waals surface area contributed by atoms with Crippen molar-refractivity contribution < 1.29 is 17.9 Å². The molecule has 1 amide bonds. The van der Waals surface area contributed by atoms with E-state index in [-0.39, 0.29) is 17.7 Å². The van der Waals surface area contributed by atoms with Crippen molar-refractivity contribution in [3.05, 3.63) is 28.8 Å². The van der Waals surface area contributed by atoms with E-state index < -0.39 is 10.0 Å². The Morgan fingerprint density at radius 3 is 2.88 bits per heavy atom. The largest absolute Gasteiger partial charge is 0.496 e. The standard InChI is InChI=1S/C16H23ClN2O4S/c1-3-9-24(21,22)18-13-5-4-8-19(11-13)16(20)14-10-12(17)6-7-15(14)23-2/h6-7,10,13,18H,3-5,8-9,11H2,1-2H3. The van der Waals surface area contributed by atoms with Crippen molar-refractivity contribution >= 4 is 27.5 Å². The lowest BCUT2D eigenvalue weighted by atomic mass is 10.0. The summed E-state index contributed by atoms with van der Waals surface area (Å²) >= 11 is 5.99. The van der Waals surface area contributed by atoms with Gasteiger partial charge in [-0.25, -0.2) is 13.1 Å². The topological polar surface area (TPSA) is 75.7 Å². The second-order valence-corrected chi connectivity index (χ2v) is 8.18. The Balaban J connectivity index is 2.12. The number of piperidine rings is 1. The van der Waals surface area contributed by atoms with E-state index in [1.165, 1.54) is 7.11 Å². The van der Waals surface area contributed by atoms with E-state index in [0.717, 1.165) is 12.8 Å². The highest BCUT2D eigenvalue weighted by molar-refractivity contribution is 7.89. The Kier molecular flexibility index (Phi) is 6.48. The van der Waals surface area contributed by atoms with Crippen LogP contribution in [0.25, 0.3) is 0 Å². The van der Waals surface area contributed by atoms with Crippen LogP contribution in [0.15, 0.2) is 18.2 Å². The summed E-state index contributed by atoms with van der Waals surface area (Å²) in [7, 11) is -1.80. The third kappa shape index (κ3) is 4.84. The van der Waals surface area contributed by atoms with Crippen LogP contribution in [0.2, 0.25) is 5.02 Å². The Bertz CT molecular complexity index is 693. The van der Waals surface area contributed by atoms with Gasteiger partial charge in [0.05, 0.1) is 18.4 Å². The van der Waals surface area contributed by atoms with Gasteiger partial charge in [0.2, 0.25) is 10.0 Å². The first-order valence-corrected chi connectivity index (χ1v) is 10.0. The molecule has 1 atom stereocenters. The van der Waals surface area contributed by atoms with Crippen LogP contribution in [0.1, 0.15) is 36.5 Å². The summed E-state index contributed by atoms with van der Waals surface area (Å²) in [6, 6.07) is 4.63. The fraction of sp³-hybridized carbons (Fsp3) is 0.562. The maximum absolute atomic E-state index is 12.8. The van der Waals surface area contributed by atoms with E-state index in [1.54, 1.807) is 23.1 Å². The van der Waals surface area contributed by atoms with Crippen molar-refractivity contribution in [2.24, 2.45) is 0 Å². The highest BCUT2D eigenvalue weighted by Crippen LogP contribution is 2.25. The highest BCUT2D eigenvalue weighted by Gasteiger charge is 2.28. The van der Waals surface area contributed by atoms with Gasteiger partial charge in [-0.1, -0.05) is 18.5 Å². The van der Waals surface area contributed by atoms with E-state index >= 15 is 0 Å². The number of hydrogen-bond donors (Lipinski definition) is 1. The number of amides is 1. The number of carbonyl (C=O) groups is 1. The van der Waals surface area contributed by atoms with Gasteiger partial charge in [0.1, 0.15) is 5.75 Å². The SMILES string of the molecule is CCCS(=O)(=O)NC1CCCN(C(=O)c2cc(Cl)ccc2OC)C1. The Labute approximate surface area is 148 Å². The molecule has 24 heavy (non-hydrogen) atoms. The smallest absolute Gasteiger partial charge is 0.257 e. The quantitative estimate of drug-likeness (QED) is 0.828. The summed E-state index contributed by atoms with van der Waals surface area (Å²) in [5.41, 5.74) is 0.391. The van der Waals surface area contributed by atoms with Gasteiger partial charge in [0.15, 0.2) is 0 Å². The number of methoxy groups -OCH3 is 1. The van der Waals surface area contributed by atoms with Gasteiger partial charge in [-0.3, -0.25) is 4.79 Å². The van der Waals surface area contributed by atoms with Crippen molar-refractivity contribution in [1.29, 1.82) is 0 Å². The van der Waals surface area contributed by atoms with Gasteiger partial charge in [-0.05, 0) is 37.5 Å². The first kappa shape index (κ1) is 19.0. The summed E-state index contributed by atoms with van der Waals surface area (Å²) in [5, 5.41) is 0.455. The predicted octanol–water partition coefficient (Wildman–Crippen LogP) is 2.28. The second-order valence-electron chi connectivity index (χ2n) is 5.87. The predicted molar refractivity (Wildman–Crippen MR) is 94.1 cm³/mol. The number of likely N-dealkylation sites (tertiary alicyclic amines) is 1. The number of nitrogens with zero attached hydrogens (tertiary/aromatic N) is 1. The van der Waals surface area contributed by atoms with Crippen LogP contribution in [0.3, 0.4) is 0 Å². The lowest BCUT2D eigenvalue weighted by molar-refractivity contribution is 0.0699.